The zero-order chi connectivity index (χ0) is 13.0. The molecule has 0 bridgehead atoms. The third-order valence-corrected chi connectivity index (χ3v) is 2.28. The minimum Gasteiger partial charge on any atom is -0.449 e. The van der Waals surface area contributed by atoms with E-state index in [1.54, 1.807) is 12.1 Å². The van der Waals surface area contributed by atoms with Gasteiger partial charge in [-0.25, -0.2) is 9.18 Å². The Bertz CT molecular complexity index is 596. The first kappa shape index (κ1) is 11.9. The van der Waals surface area contributed by atoms with Crippen LogP contribution in [-0.2, 0) is 4.74 Å². The van der Waals surface area contributed by atoms with Crippen LogP contribution in [0.5, 0.6) is 0 Å². The van der Waals surface area contributed by atoms with Gasteiger partial charge in [-0.2, -0.15) is 5.10 Å². The maximum Gasteiger partial charge on any atom is 0.342 e. The quantitative estimate of drug-likeness (QED) is 0.663. The Morgan fingerprint density at radius 1 is 1.44 bits per heavy atom. The second-order valence-corrected chi connectivity index (χ2v) is 3.45. The molecule has 0 fully saturated rings. The van der Waals surface area contributed by atoms with E-state index in [9.17, 15) is 9.18 Å². The number of nitrogens with zero attached hydrogens (tertiary/aromatic N) is 1. The first-order valence-electron chi connectivity index (χ1n) is 5.12. The molecule has 4 nitrogen and oxygen atoms in total. The average Bonchev–Trinajstić information content (AvgIpc) is 2.86. The van der Waals surface area contributed by atoms with Crippen LogP contribution in [0, 0.1) is 18.2 Å². The number of hydrogen-bond acceptors (Lipinski definition) is 3. The highest BCUT2D eigenvalue weighted by atomic mass is 19.1. The monoisotopic (exact) mass is 244 g/mol. The summed E-state index contributed by atoms with van der Waals surface area (Å²) in [6.07, 6.45) is 6.35. The molecule has 2 aromatic rings. The molecule has 2 rings (SSSR count). The minimum atomic E-state index is -0.568. The summed E-state index contributed by atoms with van der Waals surface area (Å²) in [4.78, 5) is 11.7. The lowest BCUT2D eigenvalue weighted by molar-refractivity contribution is 0.0558. The van der Waals surface area contributed by atoms with Crippen molar-refractivity contribution in [3.8, 4) is 23.6 Å². The van der Waals surface area contributed by atoms with Crippen molar-refractivity contribution in [3.63, 3.8) is 0 Å². The molecule has 0 aliphatic carbocycles. The van der Waals surface area contributed by atoms with Gasteiger partial charge in [0.05, 0.1) is 11.9 Å². The molecule has 0 amide bonds. The smallest absolute Gasteiger partial charge is 0.342 e. The number of H-pyrrole nitrogens is 1. The minimum absolute atomic E-state index is 0.104. The molecule has 0 radical (unpaired) electrons. The zero-order valence-electron chi connectivity index (χ0n) is 9.31. The van der Waals surface area contributed by atoms with Crippen molar-refractivity contribution >= 4 is 5.97 Å². The molecule has 0 atom stereocenters. The third-order valence-electron chi connectivity index (χ3n) is 2.28. The Morgan fingerprint density at radius 2 is 2.17 bits per heavy atom. The molecule has 0 saturated heterocycles. The SMILES string of the molecule is C#CCOC(=O)c1cn[nH]c1-c1ccc(F)cc1. The number of nitrogens with one attached hydrogen (secondary N) is 1. The van der Waals surface area contributed by atoms with E-state index in [4.69, 9.17) is 11.2 Å². The van der Waals surface area contributed by atoms with Crippen LogP contribution in [-0.4, -0.2) is 22.8 Å². The Labute approximate surface area is 103 Å². The van der Waals surface area contributed by atoms with Gasteiger partial charge in [0.1, 0.15) is 11.4 Å². The van der Waals surface area contributed by atoms with Crippen molar-refractivity contribution < 1.29 is 13.9 Å². The van der Waals surface area contributed by atoms with Crippen molar-refractivity contribution in [2.75, 3.05) is 6.61 Å². The summed E-state index contributed by atoms with van der Waals surface area (Å²) in [7, 11) is 0. The van der Waals surface area contributed by atoms with Gasteiger partial charge in [0, 0.05) is 5.56 Å². The number of terminal acetylenes is 1. The number of rotatable bonds is 3. The summed E-state index contributed by atoms with van der Waals surface area (Å²) in [5, 5.41) is 6.45. The highest BCUT2D eigenvalue weighted by Gasteiger charge is 2.16. The number of benzene rings is 1. The predicted octanol–water partition coefficient (Wildman–Crippen LogP) is 2.01. The topological polar surface area (TPSA) is 55.0 Å². The van der Waals surface area contributed by atoms with E-state index >= 15 is 0 Å². The largest absolute Gasteiger partial charge is 0.449 e. The highest BCUT2D eigenvalue weighted by molar-refractivity contribution is 5.95. The second-order valence-electron chi connectivity index (χ2n) is 3.45. The predicted molar refractivity (Wildman–Crippen MR) is 63.1 cm³/mol. The Hall–Kier alpha value is -2.61. The fourth-order valence-electron chi connectivity index (χ4n) is 1.46. The van der Waals surface area contributed by atoms with Crippen LogP contribution in [0.15, 0.2) is 30.5 Å². The van der Waals surface area contributed by atoms with Gasteiger partial charge in [-0.1, -0.05) is 5.92 Å². The maximum absolute atomic E-state index is 12.8. The van der Waals surface area contributed by atoms with E-state index in [-0.39, 0.29) is 18.0 Å². The lowest BCUT2D eigenvalue weighted by atomic mass is 10.1. The molecular weight excluding hydrogens is 235 g/mol. The Morgan fingerprint density at radius 3 is 2.83 bits per heavy atom. The van der Waals surface area contributed by atoms with Crippen molar-refractivity contribution in [2.45, 2.75) is 0 Å². The lowest BCUT2D eigenvalue weighted by Gasteiger charge is -2.02. The molecule has 1 heterocycles. The van der Waals surface area contributed by atoms with Gasteiger partial charge in [0.25, 0.3) is 0 Å². The summed E-state index contributed by atoms with van der Waals surface area (Å²) in [6, 6.07) is 5.68. The van der Waals surface area contributed by atoms with Gasteiger partial charge in [0.15, 0.2) is 6.61 Å². The van der Waals surface area contributed by atoms with Crippen LogP contribution in [0.25, 0.3) is 11.3 Å². The maximum atomic E-state index is 12.8. The van der Waals surface area contributed by atoms with Gasteiger partial charge in [-0.05, 0) is 24.3 Å². The van der Waals surface area contributed by atoms with E-state index in [1.807, 2.05) is 0 Å². The molecule has 1 N–H and O–H groups in total. The van der Waals surface area contributed by atoms with Gasteiger partial charge >= 0.3 is 5.97 Å². The zero-order valence-corrected chi connectivity index (χ0v) is 9.31. The molecule has 0 aliphatic rings. The molecule has 1 aromatic carbocycles. The number of hydrogen-bond donors (Lipinski definition) is 1. The third kappa shape index (κ3) is 2.38. The van der Waals surface area contributed by atoms with Crippen LogP contribution in [0.1, 0.15) is 10.4 Å². The fourth-order valence-corrected chi connectivity index (χ4v) is 1.46. The molecule has 1 aromatic heterocycles. The standard InChI is InChI=1S/C13H9FN2O2/c1-2-7-18-13(17)11-8-15-16-12(11)9-3-5-10(14)6-4-9/h1,3-6,8H,7H2,(H,15,16). The molecule has 0 aliphatic heterocycles. The van der Waals surface area contributed by atoms with Gasteiger partial charge in [-0.3, -0.25) is 5.10 Å². The molecule has 0 spiro atoms. The van der Waals surface area contributed by atoms with E-state index in [1.165, 1.54) is 18.3 Å². The molecule has 18 heavy (non-hydrogen) atoms. The van der Waals surface area contributed by atoms with Gasteiger partial charge < -0.3 is 4.74 Å². The number of halogens is 1. The molecule has 90 valence electrons. The van der Waals surface area contributed by atoms with Crippen molar-refractivity contribution in [3.05, 3.63) is 41.8 Å². The number of aromatic amines is 1. The summed E-state index contributed by atoms with van der Waals surface area (Å²) in [6.45, 7) is -0.104. The van der Waals surface area contributed by atoms with E-state index < -0.39 is 5.97 Å². The van der Waals surface area contributed by atoms with Gasteiger partial charge in [-0.15, -0.1) is 6.42 Å². The number of carbonyl (C=O) groups is 1. The lowest BCUT2D eigenvalue weighted by Crippen LogP contribution is -2.05. The number of esters is 1. The van der Waals surface area contributed by atoms with Crippen LogP contribution < -0.4 is 0 Å². The molecule has 0 unspecified atom stereocenters. The summed E-state index contributed by atoms with van der Waals surface area (Å²) in [5.74, 6) is 1.28. The summed E-state index contributed by atoms with van der Waals surface area (Å²) in [5.41, 5.74) is 1.37. The fraction of sp³-hybridized carbons (Fsp3) is 0.0769. The number of carbonyl (C=O) groups excluding carboxylic acids is 1. The van der Waals surface area contributed by atoms with E-state index in [0.29, 0.717) is 11.3 Å². The average molecular weight is 244 g/mol. The van der Waals surface area contributed by atoms with Crippen LogP contribution >= 0.6 is 0 Å². The number of ether oxygens (including phenoxy) is 1. The molecular formula is C13H9FN2O2. The van der Waals surface area contributed by atoms with Crippen LogP contribution in [0.4, 0.5) is 4.39 Å². The molecule has 0 saturated carbocycles. The van der Waals surface area contributed by atoms with Crippen molar-refractivity contribution in [1.29, 1.82) is 0 Å². The summed E-state index contributed by atoms with van der Waals surface area (Å²) >= 11 is 0. The second kappa shape index (κ2) is 5.15. The highest BCUT2D eigenvalue weighted by Crippen LogP contribution is 2.21. The normalized spacial score (nSPS) is 9.78. The first-order chi connectivity index (χ1) is 8.72. The van der Waals surface area contributed by atoms with Crippen molar-refractivity contribution in [2.24, 2.45) is 0 Å². The first-order valence-corrected chi connectivity index (χ1v) is 5.12. The Kier molecular flexibility index (Phi) is 3.39. The Balaban J connectivity index is 2.30. The number of aromatic nitrogens is 2. The van der Waals surface area contributed by atoms with Crippen LogP contribution in [0.2, 0.25) is 0 Å². The van der Waals surface area contributed by atoms with Crippen molar-refractivity contribution in [1.82, 2.24) is 10.2 Å². The summed E-state index contributed by atoms with van der Waals surface area (Å²) < 4.78 is 17.6. The van der Waals surface area contributed by atoms with Crippen LogP contribution in [0.3, 0.4) is 0 Å². The van der Waals surface area contributed by atoms with Gasteiger partial charge in [0.2, 0.25) is 0 Å². The van der Waals surface area contributed by atoms with E-state index in [2.05, 4.69) is 16.1 Å². The molecule has 5 heteroatoms. The van der Waals surface area contributed by atoms with E-state index in [0.717, 1.165) is 0 Å².